The van der Waals surface area contributed by atoms with Gasteiger partial charge in [-0.1, -0.05) is 0 Å². The molecular formula is C6H10O6. The van der Waals surface area contributed by atoms with Crippen LogP contribution in [0.4, 0.5) is 0 Å². The molecule has 3 atom stereocenters. The molecule has 0 aliphatic carbocycles. The minimum Gasteiger partial charge on any atom is -0.388 e. The van der Waals surface area contributed by atoms with E-state index in [2.05, 4.69) is 0 Å². The lowest BCUT2D eigenvalue weighted by Crippen LogP contribution is -2.43. The molecule has 12 heavy (non-hydrogen) atoms. The van der Waals surface area contributed by atoms with Crippen LogP contribution in [0.2, 0.25) is 0 Å². The molecule has 0 spiro atoms. The summed E-state index contributed by atoms with van der Waals surface area (Å²) >= 11 is 0. The molecule has 0 aliphatic heterocycles. The Labute approximate surface area is 68.1 Å². The Bertz CT molecular complexity index is 167. The monoisotopic (exact) mass is 178 g/mol. The van der Waals surface area contributed by atoms with Gasteiger partial charge in [0.25, 0.3) is 0 Å². The number of aliphatic hydroxyl groups is 4. The molecule has 4 N–H and O–H groups in total. The Morgan fingerprint density at radius 1 is 1.33 bits per heavy atom. The Balaban J connectivity index is 4.17. The highest BCUT2D eigenvalue weighted by Crippen LogP contribution is 1.99. The Morgan fingerprint density at radius 2 is 1.83 bits per heavy atom. The molecule has 0 bridgehead atoms. The predicted molar refractivity (Wildman–Crippen MR) is 36.2 cm³/mol. The van der Waals surface area contributed by atoms with Crippen LogP contribution in [0.1, 0.15) is 0 Å². The third-order valence-corrected chi connectivity index (χ3v) is 1.30. The van der Waals surface area contributed by atoms with E-state index in [-0.39, 0.29) is 6.29 Å². The van der Waals surface area contributed by atoms with Gasteiger partial charge in [-0.25, -0.2) is 0 Å². The van der Waals surface area contributed by atoms with Gasteiger partial charge in [-0.15, -0.1) is 0 Å². The zero-order chi connectivity index (χ0) is 9.72. The van der Waals surface area contributed by atoms with Crippen LogP contribution in [0.5, 0.6) is 0 Å². The van der Waals surface area contributed by atoms with Gasteiger partial charge in [0.15, 0.2) is 12.1 Å². The first kappa shape index (κ1) is 11.2. The van der Waals surface area contributed by atoms with Gasteiger partial charge in [-0.3, -0.25) is 4.79 Å². The molecule has 0 aliphatic rings. The van der Waals surface area contributed by atoms with E-state index in [1.807, 2.05) is 0 Å². The predicted octanol–water partition coefficient (Wildman–Crippen LogP) is -3.17. The highest BCUT2D eigenvalue weighted by molar-refractivity contribution is 5.84. The Hall–Kier alpha value is -0.820. The van der Waals surface area contributed by atoms with E-state index in [1.165, 1.54) is 0 Å². The summed E-state index contributed by atoms with van der Waals surface area (Å²) in [7, 11) is 0. The fourth-order valence-electron chi connectivity index (χ4n) is 0.551. The summed E-state index contributed by atoms with van der Waals surface area (Å²) in [5.74, 6) is -1.05. The Kier molecular flexibility index (Phi) is 4.60. The SMILES string of the molecule is O=C[C@H](O)[C@@H](O)[C@H](O)C(=O)CO. The average Bonchev–Trinajstić information content (AvgIpc) is 2.12. The quantitative estimate of drug-likeness (QED) is 0.330. The van der Waals surface area contributed by atoms with Gasteiger partial charge in [0.1, 0.15) is 24.9 Å². The Morgan fingerprint density at radius 3 is 2.17 bits per heavy atom. The van der Waals surface area contributed by atoms with Crippen molar-refractivity contribution in [1.82, 2.24) is 0 Å². The number of aliphatic hydroxyl groups excluding tert-OH is 4. The van der Waals surface area contributed by atoms with E-state index in [9.17, 15) is 9.59 Å². The van der Waals surface area contributed by atoms with Crippen LogP contribution in [-0.4, -0.2) is 57.4 Å². The van der Waals surface area contributed by atoms with Crippen LogP contribution < -0.4 is 0 Å². The molecule has 0 aromatic carbocycles. The van der Waals surface area contributed by atoms with E-state index in [0.717, 1.165) is 0 Å². The second-order valence-corrected chi connectivity index (χ2v) is 2.19. The molecule has 0 heterocycles. The van der Waals surface area contributed by atoms with Gasteiger partial charge >= 0.3 is 0 Å². The van der Waals surface area contributed by atoms with E-state index in [0.29, 0.717) is 0 Å². The molecule has 0 aromatic heterocycles. The standard InChI is InChI=1S/C6H10O6/c7-1-3(9)5(11)6(12)4(10)2-8/h1,3,5-6,8-9,11-12H,2H2/t3-,5+,6+/m0/s1. The fourth-order valence-corrected chi connectivity index (χ4v) is 0.551. The van der Waals surface area contributed by atoms with Crippen molar-refractivity contribution >= 4 is 12.1 Å². The van der Waals surface area contributed by atoms with Gasteiger partial charge in [-0.05, 0) is 0 Å². The lowest BCUT2D eigenvalue weighted by atomic mass is 10.1. The molecule has 70 valence electrons. The smallest absolute Gasteiger partial charge is 0.189 e. The second kappa shape index (κ2) is 4.94. The first-order valence-corrected chi connectivity index (χ1v) is 3.17. The minimum atomic E-state index is -1.94. The highest BCUT2D eigenvalue weighted by Gasteiger charge is 2.29. The van der Waals surface area contributed by atoms with Gasteiger partial charge in [0, 0.05) is 0 Å². The minimum absolute atomic E-state index is 0.0153. The number of hydrogen-bond acceptors (Lipinski definition) is 6. The normalized spacial score (nSPS) is 18.0. The van der Waals surface area contributed by atoms with E-state index in [4.69, 9.17) is 20.4 Å². The van der Waals surface area contributed by atoms with Crippen LogP contribution in [-0.2, 0) is 9.59 Å². The molecular weight excluding hydrogens is 168 g/mol. The second-order valence-electron chi connectivity index (χ2n) is 2.19. The lowest BCUT2D eigenvalue weighted by Gasteiger charge is -2.16. The lowest BCUT2D eigenvalue weighted by molar-refractivity contribution is -0.143. The number of Topliss-reactive ketones (excluding diaryl/α,β-unsaturated/α-hetero) is 1. The highest BCUT2D eigenvalue weighted by atomic mass is 16.4. The maximum atomic E-state index is 10.5. The van der Waals surface area contributed by atoms with Crippen molar-refractivity contribution in [3.8, 4) is 0 Å². The summed E-state index contributed by atoms with van der Waals surface area (Å²) in [5, 5.41) is 34.5. The maximum Gasteiger partial charge on any atom is 0.189 e. The van der Waals surface area contributed by atoms with Crippen LogP contribution >= 0.6 is 0 Å². The maximum absolute atomic E-state index is 10.5. The molecule has 0 amide bonds. The van der Waals surface area contributed by atoms with E-state index < -0.39 is 30.7 Å². The first-order valence-electron chi connectivity index (χ1n) is 3.17. The van der Waals surface area contributed by atoms with Crippen molar-refractivity contribution < 1.29 is 30.0 Å². The van der Waals surface area contributed by atoms with Crippen LogP contribution in [0, 0.1) is 0 Å². The van der Waals surface area contributed by atoms with Crippen LogP contribution in [0.25, 0.3) is 0 Å². The fraction of sp³-hybridized carbons (Fsp3) is 0.667. The topological polar surface area (TPSA) is 115 Å². The largest absolute Gasteiger partial charge is 0.388 e. The van der Waals surface area contributed by atoms with Crippen molar-refractivity contribution in [3.05, 3.63) is 0 Å². The molecule has 0 rings (SSSR count). The van der Waals surface area contributed by atoms with Gasteiger partial charge in [-0.2, -0.15) is 0 Å². The summed E-state index contributed by atoms with van der Waals surface area (Å²) < 4.78 is 0. The number of carbonyl (C=O) groups is 2. The summed E-state index contributed by atoms with van der Waals surface area (Å²) in [6.07, 6.45) is -5.66. The first-order chi connectivity index (χ1) is 5.54. The van der Waals surface area contributed by atoms with Crippen molar-refractivity contribution in [1.29, 1.82) is 0 Å². The van der Waals surface area contributed by atoms with Gasteiger partial charge in [0.2, 0.25) is 0 Å². The summed E-state index contributed by atoms with van der Waals surface area (Å²) in [5.41, 5.74) is 0. The zero-order valence-corrected chi connectivity index (χ0v) is 6.12. The number of carbonyl (C=O) groups excluding carboxylic acids is 2. The third-order valence-electron chi connectivity index (χ3n) is 1.30. The number of rotatable bonds is 5. The molecule has 0 unspecified atom stereocenters. The molecule has 0 radical (unpaired) electrons. The van der Waals surface area contributed by atoms with Crippen molar-refractivity contribution in [2.45, 2.75) is 18.3 Å². The van der Waals surface area contributed by atoms with Crippen LogP contribution in [0.15, 0.2) is 0 Å². The third kappa shape index (κ3) is 2.67. The van der Waals surface area contributed by atoms with Crippen molar-refractivity contribution in [2.75, 3.05) is 6.61 Å². The molecule has 6 nitrogen and oxygen atoms in total. The van der Waals surface area contributed by atoms with Gasteiger partial charge in [0.05, 0.1) is 0 Å². The number of aldehydes is 1. The number of hydrogen-bond donors (Lipinski definition) is 4. The van der Waals surface area contributed by atoms with Crippen molar-refractivity contribution in [2.24, 2.45) is 0 Å². The van der Waals surface area contributed by atoms with E-state index in [1.54, 1.807) is 0 Å². The van der Waals surface area contributed by atoms with Crippen LogP contribution in [0.3, 0.4) is 0 Å². The number of ketones is 1. The molecule has 0 fully saturated rings. The summed E-state index contributed by atoms with van der Waals surface area (Å²) in [6.45, 7) is -0.955. The molecule has 6 heteroatoms. The summed E-state index contributed by atoms with van der Waals surface area (Å²) in [4.78, 5) is 20.4. The van der Waals surface area contributed by atoms with Gasteiger partial charge < -0.3 is 25.2 Å². The molecule has 0 saturated carbocycles. The average molecular weight is 178 g/mol. The summed E-state index contributed by atoms with van der Waals surface area (Å²) in [6, 6.07) is 0. The molecule has 0 saturated heterocycles. The van der Waals surface area contributed by atoms with E-state index >= 15 is 0 Å². The zero-order valence-electron chi connectivity index (χ0n) is 6.12. The molecule has 0 aromatic rings. The van der Waals surface area contributed by atoms with Crippen molar-refractivity contribution in [3.63, 3.8) is 0 Å².